The Kier molecular flexibility index (Phi) is 4.27. The second kappa shape index (κ2) is 6.95. The second-order valence-electron chi connectivity index (χ2n) is 8.05. The van der Waals surface area contributed by atoms with E-state index in [-0.39, 0.29) is 11.8 Å². The number of para-hydroxylation sites is 1. The molecule has 6 nitrogen and oxygen atoms in total. The van der Waals surface area contributed by atoms with E-state index in [0.717, 1.165) is 53.0 Å². The van der Waals surface area contributed by atoms with Crippen molar-refractivity contribution < 1.29 is 4.79 Å². The van der Waals surface area contributed by atoms with Gasteiger partial charge in [-0.25, -0.2) is 4.98 Å². The van der Waals surface area contributed by atoms with Gasteiger partial charge in [0.2, 0.25) is 5.91 Å². The molecule has 6 heteroatoms. The molecule has 1 N–H and O–H groups in total. The summed E-state index contributed by atoms with van der Waals surface area (Å²) < 4.78 is 2.13. The van der Waals surface area contributed by atoms with E-state index in [4.69, 9.17) is 4.98 Å². The third-order valence-corrected chi connectivity index (χ3v) is 5.91. The van der Waals surface area contributed by atoms with E-state index in [0.29, 0.717) is 6.42 Å². The molecule has 0 aliphatic carbocycles. The molecule has 1 atom stereocenters. The molecule has 0 spiro atoms. The summed E-state index contributed by atoms with van der Waals surface area (Å²) in [6.45, 7) is 1.52. The largest absolute Gasteiger partial charge is 0.361 e. The number of H-pyrrole nitrogens is 1. The van der Waals surface area contributed by atoms with E-state index in [2.05, 4.69) is 33.9 Å². The summed E-state index contributed by atoms with van der Waals surface area (Å²) in [5, 5.41) is 1.13. The van der Waals surface area contributed by atoms with Gasteiger partial charge in [-0.3, -0.25) is 4.79 Å². The average Bonchev–Trinajstić information content (AvgIpc) is 3.46. The summed E-state index contributed by atoms with van der Waals surface area (Å²) in [6, 6.07) is 12.3. The minimum Gasteiger partial charge on any atom is -0.361 e. The molecule has 1 aliphatic rings. The van der Waals surface area contributed by atoms with Crippen LogP contribution in [0.5, 0.6) is 0 Å². The highest BCUT2D eigenvalue weighted by Gasteiger charge is 2.29. The molecule has 1 saturated heterocycles. The fraction of sp³-hybridized carbons (Fsp3) is 0.304. The number of carbonyl (C=O) groups excluding carboxylic acids is 1. The van der Waals surface area contributed by atoms with Gasteiger partial charge >= 0.3 is 0 Å². The molecule has 1 aliphatic heterocycles. The van der Waals surface area contributed by atoms with Crippen LogP contribution in [0.25, 0.3) is 16.4 Å². The number of hydrogen-bond donors (Lipinski definition) is 1. The fourth-order valence-corrected chi connectivity index (χ4v) is 4.35. The van der Waals surface area contributed by atoms with Crippen molar-refractivity contribution >= 4 is 28.1 Å². The highest BCUT2D eigenvalue weighted by Crippen LogP contribution is 2.30. The van der Waals surface area contributed by atoms with Crippen LogP contribution >= 0.6 is 0 Å². The van der Waals surface area contributed by atoms with Crippen molar-refractivity contribution in [2.24, 2.45) is 0 Å². The Morgan fingerprint density at radius 1 is 1.24 bits per heavy atom. The van der Waals surface area contributed by atoms with Crippen molar-refractivity contribution in [3.8, 4) is 0 Å². The molecule has 0 bridgehead atoms. The maximum absolute atomic E-state index is 13.0. The SMILES string of the molecule is CN(C)c1nc([C@@H]2CCN(C(=O)Cc3c[nH]c4ccccc34)C2)cn2cccc12. The van der Waals surface area contributed by atoms with Crippen molar-refractivity contribution in [3.63, 3.8) is 0 Å². The van der Waals surface area contributed by atoms with Crippen molar-refractivity contribution in [2.45, 2.75) is 18.8 Å². The molecule has 4 heterocycles. The number of nitrogens with one attached hydrogen (secondary N) is 1. The molecule has 5 rings (SSSR count). The summed E-state index contributed by atoms with van der Waals surface area (Å²) in [5.41, 5.74) is 4.30. The first-order valence-electron chi connectivity index (χ1n) is 10.1. The summed E-state index contributed by atoms with van der Waals surface area (Å²) in [4.78, 5) is 25.2. The van der Waals surface area contributed by atoms with Crippen LogP contribution in [0.4, 0.5) is 5.82 Å². The van der Waals surface area contributed by atoms with E-state index in [9.17, 15) is 4.79 Å². The molecule has 148 valence electrons. The Bertz CT molecular complexity index is 1190. The number of hydrogen-bond acceptors (Lipinski definition) is 3. The lowest BCUT2D eigenvalue weighted by Gasteiger charge is -2.19. The van der Waals surface area contributed by atoms with Gasteiger partial charge in [0.1, 0.15) is 0 Å². The van der Waals surface area contributed by atoms with Gasteiger partial charge in [0.05, 0.1) is 17.6 Å². The molecule has 0 radical (unpaired) electrons. The quantitative estimate of drug-likeness (QED) is 0.584. The van der Waals surface area contributed by atoms with Crippen molar-refractivity contribution in [2.75, 3.05) is 32.1 Å². The van der Waals surface area contributed by atoms with E-state index < -0.39 is 0 Å². The molecule has 4 aromatic rings. The van der Waals surface area contributed by atoms with Crippen LogP contribution in [-0.4, -0.2) is 52.4 Å². The minimum absolute atomic E-state index is 0.187. The molecule has 29 heavy (non-hydrogen) atoms. The van der Waals surface area contributed by atoms with Gasteiger partial charge in [0, 0.05) is 62.6 Å². The Hall–Kier alpha value is -3.28. The zero-order valence-electron chi connectivity index (χ0n) is 16.8. The summed E-state index contributed by atoms with van der Waals surface area (Å²) in [7, 11) is 4.04. The number of aromatic amines is 1. The average molecular weight is 387 g/mol. The Morgan fingerprint density at radius 3 is 2.97 bits per heavy atom. The number of nitrogens with zero attached hydrogens (tertiary/aromatic N) is 4. The molecular formula is C23H25N5O. The van der Waals surface area contributed by atoms with Crippen LogP contribution < -0.4 is 4.90 Å². The number of carbonyl (C=O) groups is 1. The first-order chi connectivity index (χ1) is 14.1. The normalized spacial score (nSPS) is 16.8. The van der Waals surface area contributed by atoms with Gasteiger partial charge in [0.15, 0.2) is 5.82 Å². The zero-order chi connectivity index (χ0) is 20.0. The first-order valence-corrected chi connectivity index (χ1v) is 10.1. The Balaban J connectivity index is 1.34. The summed E-state index contributed by atoms with van der Waals surface area (Å²) in [5.74, 6) is 1.43. The van der Waals surface area contributed by atoms with Crippen LogP contribution in [0.3, 0.4) is 0 Å². The van der Waals surface area contributed by atoms with Crippen molar-refractivity contribution in [1.29, 1.82) is 0 Å². The number of rotatable bonds is 4. The number of fused-ring (bicyclic) bond motifs is 2. The van der Waals surface area contributed by atoms with Gasteiger partial charge in [-0.15, -0.1) is 0 Å². The maximum atomic E-state index is 13.0. The van der Waals surface area contributed by atoms with Crippen LogP contribution in [0, 0.1) is 0 Å². The lowest BCUT2D eigenvalue weighted by Crippen LogP contribution is -2.30. The standard InChI is InChI=1S/C23H25N5O/c1-26(2)23-21-8-5-10-27(21)15-20(25-23)16-9-11-28(14-16)22(29)12-17-13-24-19-7-4-3-6-18(17)19/h3-8,10,13,15-16,24H,9,11-12,14H2,1-2H3/t16-/m1/s1. The molecule has 0 saturated carbocycles. The molecule has 1 amide bonds. The van der Waals surface area contributed by atoms with Crippen LogP contribution in [0.2, 0.25) is 0 Å². The third kappa shape index (κ3) is 3.14. The molecule has 3 aromatic heterocycles. The predicted octanol–water partition coefficient (Wildman–Crippen LogP) is 3.44. The van der Waals surface area contributed by atoms with Gasteiger partial charge in [0.25, 0.3) is 0 Å². The van der Waals surface area contributed by atoms with Crippen LogP contribution in [-0.2, 0) is 11.2 Å². The predicted molar refractivity (Wildman–Crippen MR) is 115 cm³/mol. The fourth-order valence-electron chi connectivity index (χ4n) is 4.35. The van der Waals surface area contributed by atoms with Gasteiger partial charge in [-0.1, -0.05) is 18.2 Å². The number of benzene rings is 1. The van der Waals surface area contributed by atoms with Crippen molar-refractivity contribution in [3.05, 3.63) is 66.2 Å². The third-order valence-electron chi connectivity index (χ3n) is 5.91. The monoisotopic (exact) mass is 387 g/mol. The minimum atomic E-state index is 0.187. The highest BCUT2D eigenvalue weighted by atomic mass is 16.2. The summed E-state index contributed by atoms with van der Waals surface area (Å²) in [6.07, 6.45) is 7.51. The Morgan fingerprint density at radius 2 is 2.10 bits per heavy atom. The van der Waals surface area contributed by atoms with Gasteiger partial charge < -0.3 is 19.2 Å². The van der Waals surface area contributed by atoms with Crippen LogP contribution in [0.15, 0.2) is 55.0 Å². The van der Waals surface area contributed by atoms with Crippen LogP contribution in [0.1, 0.15) is 23.6 Å². The first kappa shape index (κ1) is 17.8. The molecule has 1 aromatic carbocycles. The maximum Gasteiger partial charge on any atom is 0.227 e. The van der Waals surface area contributed by atoms with Crippen molar-refractivity contribution in [1.82, 2.24) is 19.3 Å². The Labute approximate surface area is 169 Å². The molecular weight excluding hydrogens is 362 g/mol. The number of aromatic nitrogens is 3. The van der Waals surface area contributed by atoms with E-state index >= 15 is 0 Å². The topological polar surface area (TPSA) is 56.6 Å². The number of likely N-dealkylation sites (tertiary alicyclic amines) is 1. The van der Waals surface area contributed by atoms with Gasteiger partial charge in [-0.05, 0) is 30.2 Å². The second-order valence-corrected chi connectivity index (χ2v) is 8.05. The molecule has 0 unspecified atom stereocenters. The lowest BCUT2D eigenvalue weighted by atomic mass is 10.1. The highest BCUT2D eigenvalue weighted by molar-refractivity contribution is 5.89. The molecule has 1 fully saturated rings. The smallest absolute Gasteiger partial charge is 0.227 e. The number of amides is 1. The van der Waals surface area contributed by atoms with E-state index in [1.165, 1.54) is 0 Å². The zero-order valence-corrected chi connectivity index (χ0v) is 16.8. The summed E-state index contributed by atoms with van der Waals surface area (Å²) >= 11 is 0. The van der Waals surface area contributed by atoms with E-state index in [1.807, 2.05) is 54.4 Å². The number of anilines is 1. The lowest BCUT2D eigenvalue weighted by molar-refractivity contribution is -0.129. The van der Waals surface area contributed by atoms with Gasteiger partial charge in [-0.2, -0.15) is 0 Å². The van der Waals surface area contributed by atoms with E-state index in [1.54, 1.807) is 0 Å².